The summed E-state index contributed by atoms with van der Waals surface area (Å²) in [4.78, 5) is 12.1. The van der Waals surface area contributed by atoms with Crippen LogP contribution in [0, 0.1) is 11.2 Å². The normalized spacial score (nSPS) is 11.3. The molecule has 0 heterocycles. The van der Waals surface area contributed by atoms with Crippen LogP contribution in [0.15, 0.2) is 53.0 Å². The number of carbonyl (C=O) groups excluding carboxylic acids is 1. The third-order valence-corrected chi connectivity index (χ3v) is 3.97. The number of halogens is 2. The second-order valence-electron chi connectivity index (χ2n) is 6.13. The monoisotopic (exact) mass is 363 g/mol. The Morgan fingerprint density at radius 1 is 1.14 bits per heavy atom. The molecule has 116 valence electrons. The van der Waals surface area contributed by atoms with Crippen LogP contribution in [0.25, 0.3) is 0 Å². The van der Waals surface area contributed by atoms with Crippen LogP contribution in [0.4, 0.5) is 4.39 Å². The fraction of sp³-hybridized carbons (Fsp3) is 0.278. The van der Waals surface area contributed by atoms with Crippen molar-refractivity contribution in [1.29, 1.82) is 0 Å². The average Bonchev–Trinajstić information content (AvgIpc) is 2.48. The molecule has 2 aromatic carbocycles. The fourth-order valence-electron chi connectivity index (χ4n) is 2.28. The lowest BCUT2D eigenvalue weighted by atomic mass is 9.85. The Bertz CT molecular complexity index is 652. The van der Waals surface area contributed by atoms with Crippen molar-refractivity contribution in [2.75, 3.05) is 6.54 Å². The van der Waals surface area contributed by atoms with Gasteiger partial charge < -0.3 is 5.32 Å². The van der Waals surface area contributed by atoms with Crippen LogP contribution in [0.5, 0.6) is 0 Å². The summed E-state index contributed by atoms with van der Waals surface area (Å²) in [5.74, 6) is -0.868. The van der Waals surface area contributed by atoms with Crippen molar-refractivity contribution in [3.63, 3.8) is 0 Å². The molecule has 0 aromatic heterocycles. The highest BCUT2D eigenvalue weighted by molar-refractivity contribution is 9.10. The van der Waals surface area contributed by atoms with Gasteiger partial charge in [0, 0.05) is 11.0 Å². The molecule has 0 saturated carbocycles. The van der Waals surface area contributed by atoms with Crippen molar-refractivity contribution in [3.05, 3.63) is 69.9 Å². The first-order valence-electron chi connectivity index (χ1n) is 7.15. The van der Waals surface area contributed by atoms with Gasteiger partial charge in [-0.3, -0.25) is 4.79 Å². The van der Waals surface area contributed by atoms with E-state index in [1.807, 2.05) is 12.1 Å². The van der Waals surface area contributed by atoms with Gasteiger partial charge in [-0.15, -0.1) is 0 Å². The maximum atomic E-state index is 13.6. The summed E-state index contributed by atoms with van der Waals surface area (Å²) in [5, 5.41) is 2.82. The highest BCUT2D eigenvalue weighted by atomic mass is 79.9. The molecular weight excluding hydrogens is 345 g/mol. The molecular formula is C18H19BrFNO. The molecule has 0 fully saturated rings. The third-order valence-electron chi connectivity index (χ3n) is 3.44. The number of amides is 1. The summed E-state index contributed by atoms with van der Waals surface area (Å²) in [7, 11) is 0. The first kappa shape index (κ1) is 16.7. The molecule has 0 aliphatic rings. The molecule has 0 aliphatic heterocycles. The number of carbonyl (C=O) groups is 1. The lowest BCUT2D eigenvalue weighted by Gasteiger charge is -2.25. The van der Waals surface area contributed by atoms with Crippen molar-refractivity contribution in [2.24, 2.45) is 5.41 Å². The lowest BCUT2D eigenvalue weighted by molar-refractivity contribution is 0.0932. The van der Waals surface area contributed by atoms with E-state index in [1.165, 1.54) is 17.7 Å². The van der Waals surface area contributed by atoms with E-state index in [1.54, 1.807) is 12.1 Å². The summed E-state index contributed by atoms with van der Waals surface area (Å²) in [6.07, 6.45) is 0.831. The molecule has 0 bridgehead atoms. The maximum Gasteiger partial charge on any atom is 0.254 e. The van der Waals surface area contributed by atoms with Crippen LogP contribution in [-0.4, -0.2) is 12.5 Å². The van der Waals surface area contributed by atoms with Crippen LogP contribution in [0.3, 0.4) is 0 Å². The minimum absolute atomic E-state index is 0.0851. The van der Waals surface area contributed by atoms with E-state index >= 15 is 0 Å². The van der Waals surface area contributed by atoms with E-state index in [2.05, 4.69) is 47.2 Å². The standard InChI is InChI=1S/C18H19BrFNO/c1-18(2,11-13-7-9-14(19)10-8-13)12-21-17(22)15-5-3-4-6-16(15)20/h3-10H,11-12H2,1-2H3,(H,21,22). The molecule has 1 amide bonds. The summed E-state index contributed by atoms with van der Waals surface area (Å²) in [6.45, 7) is 4.64. The zero-order chi connectivity index (χ0) is 16.2. The molecule has 2 nitrogen and oxygen atoms in total. The van der Waals surface area contributed by atoms with Crippen LogP contribution < -0.4 is 5.32 Å². The Morgan fingerprint density at radius 2 is 1.77 bits per heavy atom. The molecule has 2 aromatic rings. The van der Waals surface area contributed by atoms with Crippen LogP contribution in [-0.2, 0) is 6.42 Å². The highest BCUT2D eigenvalue weighted by Crippen LogP contribution is 2.22. The summed E-state index contributed by atoms with van der Waals surface area (Å²) in [6, 6.07) is 14.1. The number of nitrogens with one attached hydrogen (secondary N) is 1. The Hall–Kier alpha value is -1.68. The van der Waals surface area contributed by atoms with E-state index < -0.39 is 5.82 Å². The van der Waals surface area contributed by atoms with Gasteiger partial charge in [0.25, 0.3) is 5.91 Å². The first-order chi connectivity index (χ1) is 10.4. The molecule has 0 radical (unpaired) electrons. The largest absolute Gasteiger partial charge is 0.351 e. The average molecular weight is 364 g/mol. The summed E-state index contributed by atoms with van der Waals surface area (Å²) in [5.41, 5.74) is 1.17. The predicted octanol–water partition coefficient (Wildman–Crippen LogP) is 4.59. The van der Waals surface area contributed by atoms with Gasteiger partial charge in [-0.2, -0.15) is 0 Å². The van der Waals surface area contributed by atoms with E-state index in [-0.39, 0.29) is 16.9 Å². The van der Waals surface area contributed by atoms with Crippen LogP contribution >= 0.6 is 15.9 Å². The van der Waals surface area contributed by atoms with Crippen molar-refractivity contribution in [1.82, 2.24) is 5.32 Å². The van der Waals surface area contributed by atoms with Gasteiger partial charge in [-0.25, -0.2) is 4.39 Å². The topological polar surface area (TPSA) is 29.1 Å². The van der Waals surface area contributed by atoms with Gasteiger partial charge in [0.05, 0.1) is 5.56 Å². The van der Waals surface area contributed by atoms with Gasteiger partial charge in [0.15, 0.2) is 0 Å². The van der Waals surface area contributed by atoms with Crippen molar-refractivity contribution < 1.29 is 9.18 Å². The van der Waals surface area contributed by atoms with Gasteiger partial charge in [0.2, 0.25) is 0 Å². The van der Waals surface area contributed by atoms with Crippen LogP contribution in [0.2, 0.25) is 0 Å². The molecule has 0 spiro atoms. The van der Waals surface area contributed by atoms with Crippen molar-refractivity contribution in [3.8, 4) is 0 Å². The summed E-state index contributed by atoms with van der Waals surface area (Å²) >= 11 is 3.42. The van der Waals surface area contributed by atoms with Gasteiger partial charge in [0.1, 0.15) is 5.82 Å². The Balaban J connectivity index is 1.96. The third kappa shape index (κ3) is 4.67. The minimum atomic E-state index is -0.495. The number of hydrogen-bond acceptors (Lipinski definition) is 1. The van der Waals surface area contributed by atoms with Gasteiger partial charge in [-0.1, -0.05) is 54.0 Å². The van der Waals surface area contributed by atoms with Crippen molar-refractivity contribution >= 4 is 21.8 Å². The fourth-order valence-corrected chi connectivity index (χ4v) is 2.54. The first-order valence-corrected chi connectivity index (χ1v) is 7.94. The molecule has 0 unspecified atom stereocenters. The predicted molar refractivity (Wildman–Crippen MR) is 90.4 cm³/mol. The smallest absolute Gasteiger partial charge is 0.254 e. The molecule has 0 atom stereocenters. The number of hydrogen-bond donors (Lipinski definition) is 1. The zero-order valence-corrected chi connectivity index (χ0v) is 14.3. The van der Waals surface area contributed by atoms with Gasteiger partial charge >= 0.3 is 0 Å². The second-order valence-corrected chi connectivity index (χ2v) is 7.05. The lowest BCUT2D eigenvalue weighted by Crippen LogP contribution is -2.35. The molecule has 0 aliphatic carbocycles. The van der Waals surface area contributed by atoms with Crippen LogP contribution in [0.1, 0.15) is 29.8 Å². The zero-order valence-electron chi connectivity index (χ0n) is 12.7. The number of benzene rings is 2. The van der Waals surface area contributed by atoms with E-state index in [0.717, 1.165) is 10.9 Å². The number of rotatable bonds is 5. The maximum absolute atomic E-state index is 13.6. The highest BCUT2D eigenvalue weighted by Gasteiger charge is 2.20. The second kappa shape index (κ2) is 7.05. The quantitative estimate of drug-likeness (QED) is 0.826. The Kier molecular flexibility index (Phi) is 5.35. The van der Waals surface area contributed by atoms with E-state index in [4.69, 9.17) is 0 Å². The molecule has 0 saturated heterocycles. The Morgan fingerprint density at radius 3 is 2.41 bits per heavy atom. The molecule has 22 heavy (non-hydrogen) atoms. The van der Waals surface area contributed by atoms with E-state index in [9.17, 15) is 9.18 Å². The van der Waals surface area contributed by atoms with Gasteiger partial charge in [-0.05, 0) is 41.7 Å². The summed E-state index contributed by atoms with van der Waals surface area (Å²) < 4.78 is 14.6. The molecule has 4 heteroatoms. The van der Waals surface area contributed by atoms with E-state index in [0.29, 0.717) is 6.54 Å². The minimum Gasteiger partial charge on any atom is -0.351 e. The Labute approximate surface area is 138 Å². The molecule has 1 N–H and O–H groups in total. The van der Waals surface area contributed by atoms with Crippen molar-refractivity contribution in [2.45, 2.75) is 20.3 Å². The molecule has 2 rings (SSSR count). The SMILES string of the molecule is CC(C)(CNC(=O)c1ccccc1F)Cc1ccc(Br)cc1.